The van der Waals surface area contributed by atoms with Crippen molar-refractivity contribution < 1.29 is 18.6 Å². The molecule has 0 aliphatic carbocycles. The molecular weight excluding hydrogens is 314 g/mol. The first-order valence-corrected chi connectivity index (χ1v) is 8.93. The second-order valence-corrected chi connectivity index (χ2v) is 7.51. The normalized spacial score (nSPS) is 16.7. The molecule has 23 heavy (non-hydrogen) atoms. The Balaban J connectivity index is 1.91. The number of methoxy groups -OCH3 is 1. The molecule has 0 fully saturated rings. The van der Waals surface area contributed by atoms with Crippen molar-refractivity contribution in [2.24, 2.45) is 0 Å². The lowest BCUT2D eigenvalue weighted by Gasteiger charge is -2.38. The maximum absolute atomic E-state index is 11.5. The van der Waals surface area contributed by atoms with E-state index in [1.807, 2.05) is 48.5 Å². The van der Waals surface area contributed by atoms with Crippen molar-refractivity contribution in [3.63, 3.8) is 0 Å². The van der Waals surface area contributed by atoms with Crippen LogP contribution in [0.5, 0.6) is 0 Å². The Bertz CT molecular complexity index is 718. The van der Waals surface area contributed by atoms with Gasteiger partial charge in [-0.15, -0.1) is 10.8 Å². The number of anilines is 1. The van der Waals surface area contributed by atoms with E-state index in [-0.39, 0.29) is 18.1 Å². The number of rotatable bonds is 4. The number of benzene rings is 2. The predicted octanol–water partition coefficient (Wildman–Crippen LogP) is 3.59. The molecule has 0 saturated carbocycles. The first kappa shape index (κ1) is 15.9. The minimum Gasteiger partial charge on any atom is -0.469 e. The molecule has 0 atom stereocenters. The van der Waals surface area contributed by atoms with Crippen molar-refractivity contribution >= 4 is 22.4 Å². The smallest absolute Gasteiger partial charge is 0.309 e. The largest absolute Gasteiger partial charge is 0.469 e. The molecule has 0 amide bonds. The Morgan fingerprint density at radius 1 is 1.17 bits per heavy atom. The average Bonchev–Trinajstić information content (AvgIpc) is 2.78. The molecule has 2 aromatic carbocycles. The number of carbonyl (C=O) groups excluding carboxylic acids is 1. The SMILES string of the molecule is COC(=O)Cc1ccc2c(c1)N(Cc1ccccc1)S(O)(O)C2. The van der Waals surface area contributed by atoms with E-state index in [2.05, 4.69) is 0 Å². The maximum atomic E-state index is 11.5. The van der Waals surface area contributed by atoms with E-state index < -0.39 is 10.8 Å². The third kappa shape index (κ3) is 3.34. The van der Waals surface area contributed by atoms with E-state index in [9.17, 15) is 13.9 Å². The fourth-order valence-electron chi connectivity index (χ4n) is 2.69. The summed E-state index contributed by atoms with van der Waals surface area (Å²) in [6.07, 6.45) is 0.169. The van der Waals surface area contributed by atoms with E-state index in [0.29, 0.717) is 6.54 Å². The van der Waals surface area contributed by atoms with Crippen LogP contribution in [-0.4, -0.2) is 22.2 Å². The van der Waals surface area contributed by atoms with Crippen LogP contribution in [0.1, 0.15) is 16.7 Å². The molecule has 3 rings (SSSR count). The summed E-state index contributed by atoms with van der Waals surface area (Å²) in [5, 5.41) is 0. The average molecular weight is 333 g/mol. The number of hydrogen-bond acceptors (Lipinski definition) is 5. The molecule has 6 heteroatoms. The zero-order valence-electron chi connectivity index (χ0n) is 12.8. The van der Waals surface area contributed by atoms with Crippen LogP contribution in [0.15, 0.2) is 48.5 Å². The lowest BCUT2D eigenvalue weighted by Crippen LogP contribution is -2.23. The molecule has 1 aliphatic rings. The van der Waals surface area contributed by atoms with Gasteiger partial charge in [-0.25, -0.2) is 0 Å². The van der Waals surface area contributed by atoms with Crippen molar-refractivity contribution in [3.8, 4) is 0 Å². The highest BCUT2D eigenvalue weighted by Gasteiger charge is 2.33. The maximum Gasteiger partial charge on any atom is 0.309 e. The number of hydrogen-bond donors (Lipinski definition) is 2. The quantitative estimate of drug-likeness (QED) is 0.837. The van der Waals surface area contributed by atoms with E-state index in [1.165, 1.54) is 7.11 Å². The summed E-state index contributed by atoms with van der Waals surface area (Å²) in [7, 11) is -1.52. The first-order chi connectivity index (χ1) is 11.0. The van der Waals surface area contributed by atoms with Gasteiger partial charge in [-0.2, -0.15) is 0 Å². The molecule has 0 radical (unpaired) electrons. The zero-order chi connectivity index (χ0) is 16.4. The van der Waals surface area contributed by atoms with Crippen LogP contribution in [0, 0.1) is 0 Å². The van der Waals surface area contributed by atoms with Gasteiger partial charge in [0, 0.05) is 0 Å². The Labute approximate surface area is 137 Å². The highest BCUT2D eigenvalue weighted by atomic mass is 32.3. The second kappa shape index (κ2) is 6.23. The third-order valence-electron chi connectivity index (χ3n) is 3.87. The predicted molar refractivity (Wildman–Crippen MR) is 91.3 cm³/mol. The zero-order valence-corrected chi connectivity index (χ0v) is 13.6. The molecule has 1 aliphatic heterocycles. The molecule has 122 valence electrons. The van der Waals surface area contributed by atoms with Gasteiger partial charge in [-0.1, -0.05) is 42.5 Å². The number of fused-ring (bicyclic) bond motifs is 1. The van der Waals surface area contributed by atoms with Gasteiger partial charge in [0.15, 0.2) is 0 Å². The van der Waals surface area contributed by atoms with Gasteiger partial charge in [-0.3, -0.25) is 18.2 Å². The molecular formula is C17H19NO4S. The molecule has 5 nitrogen and oxygen atoms in total. The molecule has 0 spiro atoms. The summed E-state index contributed by atoms with van der Waals surface area (Å²) >= 11 is 0. The van der Waals surface area contributed by atoms with Crippen LogP contribution in [-0.2, 0) is 28.2 Å². The van der Waals surface area contributed by atoms with Crippen molar-refractivity contribution in [3.05, 3.63) is 65.2 Å². The van der Waals surface area contributed by atoms with Crippen molar-refractivity contribution in [2.45, 2.75) is 18.7 Å². The number of carbonyl (C=O) groups is 1. The Morgan fingerprint density at radius 2 is 1.91 bits per heavy atom. The lowest BCUT2D eigenvalue weighted by atomic mass is 10.1. The van der Waals surface area contributed by atoms with Crippen LogP contribution in [0.25, 0.3) is 0 Å². The standard InChI is InChI=1S/C17H19NO4S/c1-22-17(19)10-14-7-8-15-12-23(20,21)18(16(15)9-14)11-13-5-3-2-4-6-13/h2-9,20-21H,10-12H2,1H3. The Hall–Kier alpha value is -2.02. The summed E-state index contributed by atoms with van der Waals surface area (Å²) < 4.78 is 27.2. The van der Waals surface area contributed by atoms with Gasteiger partial charge in [0.1, 0.15) is 0 Å². The fourth-order valence-corrected chi connectivity index (χ4v) is 4.35. The van der Waals surface area contributed by atoms with Crippen molar-refractivity contribution in [1.29, 1.82) is 0 Å². The first-order valence-electron chi connectivity index (χ1n) is 7.26. The number of esters is 1. The van der Waals surface area contributed by atoms with Gasteiger partial charge in [0.25, 0.3) is 0 Å². The topological polar surface area (TPSA) is 70.0 Å². The summed E-state index contributed by atoms with van der Waals surface area (Å²) in [5.74, 6) is -0.0996. The number of ether oxygens (including phenoxy) is 1. The Kier molecular flexibility index (Phi) is 4.30. The van der Waals surface area contributed by atoms with Gasteiger partial charge >= 0.3 is 5.97 Å². The fraction of sp³-hybridized carbons (Fsp3) is 0.235. The number of nitrogens with zero attached hydrogens (tertiary/aromatic N) is 1. The summed E-state index contributed by atoms with van der Waals surface area (Å²) in [6.45, 7) is 0.415. The van der Waals surface area contributed by atoms with Gasteiger partial charge in [0.2, 0.25) is 0 Å². The minimum absolute atomic E-state index is 0.169. The van der Waals surface area contributed by atoms with Gasteiger partial charge in [-0.05, 0) is 22.8 Å². The molecule has 0 bridgehead atoms. The highest BCUT2D eigenvalue weighted by Crippen LogP contribution is 2.57. The van der Waals surface area contributed by atoms with Crippen LogP contribution < -0.4 is 4.31 Å². The van der Waals surface area contributed by atoms with Crippen molar-refractivity contribution in [2.75, 3.05) is 11.4 Å². The second-order valence-electron chi connectivity index (χ2n) is 5.51. The van der Waals surface area contributed by atoms with Crippen LogP contribution in [0.3, 0.4) is 0 Å². The monoisotopic (exact) mass is 333 g/mol. The highest BCUT2D eigenvalue weighted by molar-refractivity contribution is 8.25. The van der Waals surface area contributed by atoms with E-state index in [1.54, 1.807) is 4.31 Å². The van der Waals surface area contributed by atoms with Gasteiger partial charge < -0.3 is 4.74 Å². The summed E-state index contributed by atoms with van der Waals surface area (Å²) in [4.78, 5) is 11.5. The van der Waals surface area contributed by atoms with E-state index in [0.717, 1.165) is 22.4 Å². The van der Waals surface area contributed by atoms with Crippen LogP contribution in [0.2, 0.25) is 0 Å². The molecule has 0 aromatic heterocycles. The lowest BCUT2D eigenvalue weighted by molar-refractivity contribution is -0.139. The third-order valence-corrected chi connectivity index (χ3v) is 5.60. The van der Waals surface area contributed by atoms with Crippen LogP contribution in [0.4, 0.5) is 5.69 Å². The molecule has 1 heterocycles. The molecule has 2 aromatic rings. The summed E-state index contributed by atoms with van der Waals surface area (Å²) in [6, 6.07) is 15.2. The van der Waals surface area contributed by atoms with E-state index >= 15 is 0 Å². The van der Waals surface area contributed by atoms with Crippen LogP contribution >= 0.6 is 10.8 Å². The van der Waals surface area contributed by atoms with E-state index in [4.69, 9.17) is 4.74 Å². The summed E-state index contributed by atoms with van der Waals surface area (Å²) in [5.41, 5.74) is 3.45. The molecule has 2 N–H and O–H groups in total. The van der Waals surface area contributed by atoms with Crippen molar-refractivity contribution in [1.82, 2.24) is 0 Å². The molecule has 0 unspecified atom stereocenters. The Morgan fingerprint density at radius 3 is 2.61 bits per heavy atom. The molecule has 0 saturated heterocycles. The minimum atomic E-state index is -2.88. The van der Waals surface area contributed by atoms with Gasteiger partial charge in [0.05, 0.1) is 31.5 Å².